The molecule has 0 spiro atoms. The number of carbonyl (C=O) groups is 1. The maximum atomic E-state index is 12.5. The Morgan fingerprint density at radius 1 is 1.32 bits per heavy atom. The van der Waals surface area contributed by atoms with Crippen molar-refractivity contribution in [1.82, 2.24) is 0 Å². The van der Waals surface area contributed by atoms with Gasteiger partial charge in [-0.3, -0.25) is 4.79 Å². The Morgan fingerprint density at radius 3 is 2.86 bits per heavy atom. The van der Waals surface area contributed by atoms with E-state index in [0.717, 1.165) is 23.3 Å². The van der Waals surface area contributed by atoms with Crippen LogP contribution in [0.2, 0.25) is 0 Å². The van der Waals surface area contributed by atoms with Gasteiger partial charge in [-0.1, -0.05) is 6.07 Å². The average Bonchev–Trinajstić information content (AvgIpc) is 3.10. The van der Waals surface area contributed by atoms with Gasteiger partial charge in [0.15, 0.2) is 17.3 Å². The molecule has 1 aromatic heterocycles. The van der Waals surface area contributed by atoms with E-state index in [9.17, 15) is 9.90 Å². The summed E-state index contributed by atoms with van der Waals surface area (Å²) in [6, 6.07) is 5.26. The minimum Gasteiger partial charge on any atom is -0.504 e. The van der Waals surface area contributed by atoms with Crippen LogP contribution in [0.4, 0.5) is 0 Å². The number of aromatic hydroxyl groups is 1. The highest BCUT2D eigenvalue weighted by atomic mass is 32.1. The number of thiophene rings is 1. The van der Waals surface area contributed by atoms with Gasteiger partial charge in [0.25, 0.3) is 0 Å². The highest BCUT2D eigenvalue weighted by molar-refractivity contribution is 7.14. The molecule has 0 atom stereocenters. The first kappa shape index (κ1) is 15.1. The van der Waals surface area contributed by atoms with Gasteiger partial charge in [0.1, 0.15) is 0 Å². The van der Waals surface area contributed by atoms with E-state index < -0.39 is 0 Å². The molecule has 3 rings (SSSR count). The van der Waals surface area contributed by atoms with Gasteiger partial charge < -0.3 is 9.84 Å². The SMILES string of the molecule is COc1cc(CCC(=O)c2sc(C)c3c2CCC3)ccc1O. The molecule has 1 aromatic carbocycles. The molecule has 116 valence electrons. The zero-order chi connectivity index (χ0) is 15.7. The quantitative estimate of drug-likeness (QED) is 0.846. The number of ketones is 1. The van der Waals surface area contributed by atoms with E-state index in [1.165, 1.54) is 29.5 Å². The second kappa shape index (κ2) is 6.13. The summed E-state index contributed by atoms with van der Waals surface area (Å²) < 4.78 is 5.11. The third-order valence-electron chi connectivity index (χ3n) is 4.31. The summed E-state index contributed by atoms with van der Waals surface area (Å²) >= 11 is 1.66. The third-order valence-corrected chi connectivity index (χ3v) is 5.54. The van der Waals surface area contributed by atoms with E-state index in [1.807, 2.05) is 6.07 Å². The summed E-state index contributed by atoms with van der Waals surface area (Å²) in [6.07, 6.45) is 4.52. The van der Waals surface area contributed by atoms with Crippen molar-refractivity contribution in [3.63, 3.8) is 0 Å². The maximum absolute atomic E-state index is 12.5. The summed E-state index contributed by atoms with van der Waals surface area (Å²) in [5, 5.41) is 9.61. The molecule has 1 N–H and O–H groups in total. The van der Waals surface area contributed by atoms with Crippen LogP contribution in [-0.4, -0.2) is 18.0 Å². The summed E-state index contributed by atoms with van der Waals surface area (Å²) in [7, 11) is 1.53. The second-order valence-corrected chi connectivity index (χ2v) is 6.95. The Balaban J connectivity index is 1.72. The Labute approximate surface area is 134 Å². The van der Waals surface area contributed by atoms with E-state index in [1.54, 1.807) is 23.5 Å². The molecule has 0 aliphatic heterocycles. The van der Waals surface area contributed by atoms with Gasteiger partial charge in [0.2, 0.25) is 0 Å². The van der Waals surface area contributed by atoms with Gasteiger partial charge in [0.05, 0.1) is 12.0 Å². The van der Waals surface area contributed by atoms with Gasteiger partial charge >= 0.3 is 0 Å². The van der Waals surface area contributed by atoms with Crippen molar-refractivity contribution < 1.29 is 14.6 Å². The molecule has 0 saturated carbocycles. The number of fused-ring (bicyclic) bond motifs is 1. The second-order valence-electron chi connectivity index (χ2n) is 5.73. The molecule has 0 unspecified atom stereocenters. The topological polar surface area (TPSA) is 46.5 Å². The minimum absolute atomic E-state index is 0.129. The molecular formula is C18H20O3S. The van der Waals surface area contributed by atoms with Crippen LogP contribution < -0.4 is 4.74 Å². The van der Waals surface area contributed by atoms with Crippen molar-refractivity contribution in [3.05, 3.63) is 44.6 Å². The standard InChI is InChI=1S/C18H20O3S/c1-11-13-4-3-5-14(13)18(22-11)16(20)9-7-12-6-8-15(19)17(10-12)21-2/h6,8,10,19H,3-5,7,9H2,1-2H3. The lowest BCUT2D eigenvalue weighted by Crippen LogP contribution is -2.01. The molecule has 1 heterocycles. The molecule has 0 amide bonds. The molecule has 22 heavy (non-hydrogen) atoms. The van der Waals surface area contributed by atoms with Crippen LogP contribution in [0, 0.1) is 6.92 Å². The number of methoxy groups -OCH3 is 1. The summed E-state index contributed by atoms with van der Waals surface area (Å²) in [5.41, 5.74) is 3.73. The fraction of sp³-hybridized carbons (Fsp3) is 0.389. The molecule has 2 aromatic rings. The lowest BCUT2D eigenvalue weighted by atomic mass is 10.0. The number of benzene rings is 1. The predicted octanol–water partition coefficient (Wildman–Crippen LogP) is 4.07. The number of phenolic OH excluding ortho intramolecular Hbond substituents is 1. The fourth-order valence-corrected chi connectivity index (χ4v) is 4.35. The smallest absolute Gasteiger partial charge is 0.173 e. The molecule has 0 radical (unpaired) electrons. The predicted molar refractivity (Wildman–Crippen MR) is 88.4 cm³/mol. The lowest BCUT2D eigenvalue weighted by Gasteiger charge is -2.06. The summed E-state index contributed by atoms with van der Waals surface area (Å²) in [4.78, 5) is 14.8. The third kappa shape index (κ3) is 2.75. The fourth-order valence-electron chi connectivity index (χ4n) is 3.13. The monoisotopic (exact) mass is 316 g/mol. The molecular weight excluding hydrogens is 296 g/mol. The first-order chi connectivity index (χ1) is 10.6. The molecule has 0 fully saturated rings. The first-order valence-electron chi connectivity index (χ1n) is 7.60. The molecule has 0 bridgehead atoms. The highest BCUT2D eigenvalue weighted by Crippen LogP contribution is 2.36. The van der Waals surface area contributed by atoms with Crippen molar-refractivity contribution in [2.24, 2.45) is 0 Å². The number of hydrogen-bond acceptors (Lipinski definition) is 4. The number of ether oxygens (including phenoxy) is 1. The van der Waals surface area contributed by atoms with Gasteiger partial charge in [-0.25, -0.2) is 0 Å². The number of phenols is 1. The zero-order valence-electron chi connectivity index (χ0n) is 12.9. The van der Waals surface area contributed by atoms with Crippen molar-refractivity contribution in [3.8, 4) is 11.5 Å². The van der Waals surface area contributed by atoms with Gasteiger partial charge in [0, 0.05) is 11.3 Å². The van der Waals surface area contributed by atoms with Crippen molar-refractivity contribution in [2.45, 2.75) is 39.0 Å². The zero-order valence-corrected chi connectivity index (χ0v) is 13.8. The lowest BCUT2D eigenvalue weighted by molar-refractivity contribution is 0.0986. The van der Waals surface area contributed by atoms with E-state index in [-0.39, 0.29) is 11.5 Å². The van der Waals surface area contributed by atoms with Crippen LogP contribution in [0.5, 0.6) is 11.5 Å². The van der Waals surface area contributed by atoms with Crippen LogP contribution in [0.1, 0.15) is 44.1 Å². The van der Waals surface area contributed by atoms with E-state index >= 15 is 0 Å². The average molecular weight is 316 g/mol. The number of Topliss-reactive ketones (excluding diaryl/α,β-unsaturated/α-hetero) is 1. The number of carbonyl (C=O) groups excluding carboxylic acids is 1. The van der Waals surface area contributed by atoms with E-state index in [4.69, 9.17) is 4.74 Å². The molecule has 1 aliphatic carbocycles. The van der Waals surface area contributed by atoms with E-state index in [2.05, 4.69) is 6.92 Å². The first-order valence-corrected chi connectivity index (χ1v) is 8.42. The van der Waals surface area contributed by atoms with Gasteiger partial charge in [-0.15, -0.1) is 11.3 Å². The van der Waals surface area contributed by atoms with Crippen LogP contribution >= 0.6 is 11.3 Å². The van der Waals surface area contributed by atoms with Crippen molar-refractivity contribution in [2.75, 3.05) is 7.11 Å². The molecule has 1 aliphatic rings. The van der Waals surface area contributed by atoms with Gasteiger partial charge in [-0.05, 0) is 61.4 Å². The summed E-state index contributed by atoms with van der Waals surface area (Å²) in [6.45, 7) is 2.12. The number of aryl methyl sites for hydroxylation is 2. The van der Waals surface area contributed by atoms with Crippen LogP contribution in [0.3, 0.4) is 0 Å². The Bertz CT molecular complexity index is 715. The molecule has 0 saturated heterocycles. The van der Waals surface area contributed by atoms with Crippen LogP contribution in [0.25, 0.3) is 0 Å². The Kier molecular flexibility index (Phi) is 4.21. The number of hydrogen-bond donors (Lipinski definition) is 1. The van der Waals surface area contributed by atoms with Crippen LogP contribution in [-0.2, 0) is 19.3 Å². The van der Waals surface area contributed by atoms with Crippen LogP contribution in [0.15, 0.2) is 18.2 Å². The summed E-state index contributed by atoms with van der Waals surface area (Å²) in [5.74, 6) is 0.824. The Morgan fingerprint density at radius 2 is 2.09 bits per heavy atom. The van der Waals surface area contributed by atoms with E-state index in [0.29, 0.717) is 18.6 Å². The molecule has 3 nitrogen and oxygen atoms in total. The highest BCUT2D eigenvalue weighted by Gasteiger charge is 2.23. The number of rotatable bonds is 5. The minimum atomic E-state index is 0.129. The maximum Gasteiger partial charge on any atom is 0.173 e. The van der Waals surface area contributed by atoms with Crippen molar-refractivity contribution >= 4 is 17.1 Å². The normalized spacial score (nSPS) is 13.2. The van der Waals surface area contributed by atoms with Gasteiger partial charge in [-0.2, -0.15) is 0 Å². The molecule has 4 heteroatoms. The largest absolute Gasteiger partial charge is 0.504 e. The Hall–Kier alpha value is -1.81. The van der Waals surface area contributed by atoms with Crippen molar-refractivity contribution in [1.29, 1.82) is 0 Å².